The Morgan fingerprint density at radius 1 is 1.40 bits per heavy atom. The highest BCUT2D eigenvalue weighted by Crippen LogP contribution is 2.23. The van der Waals surface area contributed by atoms with Crippen LogP contribution in [0.5, 0.6) is 0 Å². The maximum absolute atomic E-state index is 5.22. The topological polar surface area (TPSA) is 38.1 Å². The standard InChI is InChI=1S/C12H16N2O/c1-3-4-7-13-12-10-8-9(2)5-6-11(10)15-14-12/h5-6,8H,3-4,7H2,1-2H3,(H,13,14). The van der Waals surface area contributed by atoms with Crippen molar-refractivity contribution in [3.63, 3.8) is 0 Å². The number of nitrogens with zero attached hydrogens (tertiary/aromatic N) is 1. The Labute approximate surface area is 89.5 Å². The average molecular weight is 204 g/mol. The Bertz CT molecular complexity index is 448. The minimum Gasteiger partial charge on any atom is -0.367 e. The van der Waals surface area contributed by atoms with Crippen LogP contribution in [0.2, 0.25) is 0 Å². The van der Waals surface area contributed by atoms with Crippen molar-refractivity contribution in [2.75, 3.05) is 11.9 Å². The molecule has 0 aliphatic rings. The smallest absolute Gasteiger partial charge is 0.177 e. The summed E-state index contributed by atoms with van der Waals surface area (Å²) in [5, 5.41) is 8.39. The van der Waals surface area contributed by atoms with Gasteiger partial charge in [-0.15, -0.1) is 0 Å². The molecule has 15 heavy (non-hydrogen) atoms. The van der Waals surface area contributed by atoms with Gasteiger partial charge in [-0.05, 0) is 25.5 Å². The number of aryl methyl sites for hydroxylation is 1. The summed E-state index contributed by atoms with van der Waals surface area (Å²) in [5.74, 6) is 0.863. The molecule has 1 heterocycles. The van der Waals surface area contributed by atoms with Gasteiger partial charge in [0.15, 0.2) is 11.4 Å². The maximum Gasteiger partial charge on any atom is 0.177 e. The molecule has 0 atom stereocenters. The second-order valence-electron chi connectivity index (χ2n) is 3.81. The van der Waals surface area contributed by atoms with E-state index in [0.29, 0.717) is 0 Å². The molecule has 1 N–H and O–H groups in total. The first-order chi connectivity index (χ1) is 7.31. The largest absolute Gasteiger partial charge is 0.367 e. The van der Waals surface area contributed by atoms with Crippen LogP contribution >= 0.6 is 0 Å². The molecule has 0 saturated carbocycles. The van der Waals surface area contributed by atoms with Crippen molar-refractivity contribution in [1.29, 1.82) is 0 Å². The lowest BCUT2D eigenvalue weighted by atomic mass is 10.2. The van der Waals surface area contributed by atoms with Crippen molar-refractivity contribution in [3.8, 4) is 0 Å². The third-order valence-electron chi connectivity index (χ3n) is 2.45. The van der Waals surface area contributed by atoms with Crippen LogP contribution in [0.3, 0.4) is 0 Å². The molecule has 1 aromatic carbocycles. The minimum atomic E-state index is 0.847. The van der Waals surface area contributed by atoms with Crippen LogP contribution in [0.25, 0.3) is 11.0 Å². The number of fused-ring (bicyclic) bond motifs is 1. The van der Waals surface area contributed by atoms with Crippen LogP contribution in [-0.2, 0) is 0 Å². The third kappa shape index (κ3) is 2.12. The van der Waals surface area contributed by atoms with Gasteiger partial charge in [0, 0.05) is 6.54 Å². The summed E-state index contributed by atoms with van der Waals surface area (Å²) in [4.78, 5) is 0. The highest BCUT2D eigenvalue weighted by molar-refractivity contribution is 5.88. The van der Waals surface area contributed by atoms with Crippen molar-refractivity contribution in [3.05, 3.63) is 23.8 Å². The van der Waals surface area contributed by atoms with E-state index in [9.17, 15) is 0 Å². The molecule has 2 aromatic rings. The maximum atomic E-state index is 5.22. The van der Waals surface area contributed by atoms with E-state index in [2.05, 4.69) is 30.4 Å². The molecule has 0 radical (unpaired) electrons. The summed E-state index contributed by atoms with van der Waals surface area (Å²) in [6.07, 6.45) is 2.34. The second-order valence-corrected chi connectivity index (χ2v) is 3.81. The predicted octanol–water partition coefficient (Wildman–Crippen LogP) is 3.35. The summed E-state index contributed by atoms with van der Waals surface area (Å²) >= 11 is 0. The first-order valence-electron chi connectivity index (χ1n) is 5.41. The first-order valence-corrected chi connectivity index (χ1v) is 5.41. The van der Waals surface area contributed by atoms with Gasteiger partial charge >= 0.3 is 0 Å². The summed E-state index contributed by atoms with van der Waals surface area (Å²) in [7, 11) is 0. The van der Waals surface area contributed by atoms with Crippen LogP contribution in [0.4, 0.5) is 5.82 Å². The molecule has 0 amide bonds. The lowest BCUT2D eigenvalue weighted by molar-refractivity contribution is 0.459. The monoisotopic (exact) mass is 204 g/mol. The molecule has 2 rings (SSSR count). The van der Waals surface area contributed by atoms with E-state index < -0.39 is 0 Å². The SMILES string of the molecule is CCCCNc1noc2ccc(C)cc12. The number of hydrogen-bond acceptors (Lipinski definition) is 3. The van der Waals surface area contributed by atoms with Gasteiger partial charge in [0.25, 0.3) is 0 Å². The zero-order chi connectivity index (χ0) is 10.7. The quantitative estimate of drug-likeness (QED) is 0.776. The molecular formula is C12H16N2O. The number of unbranched alkanes of at least 4 members (excludes halogenated alkanes) is 1. The number of aromatic nitrogens is 1. The molecule has 3 nitrogen and oxygen atoms in total. The van der Waals surface area contributed by atoms with Crippen molar-refractivity contribution in [1.82, 2.24) is 5.16 Å². The zero-order valence-corrected chi connectivity index (χ0v) is 9.21. The number of hydrogen-bond donors (Lipinski definition) is 1. The molecule has 80 valence electrons. The van der Waals surface area contributed by atoms with Gasteiger partial charge in [0.05, 0.1) is 5.39 Å². The molecule has 0 aliphatic carbocycles. The predicted molar refractivity (Wildman–Crippen MR) is 62.1 cm³/mol. The van der Waals surface area contributed by atoms with Gasteiger partial charge in [0.1, 0.15) is 0 Å². The Kier molecular flexibility index (Phi) is 2.90. The van der Waals surface area contributed by atoms with Crippen LogP contribution in [0.1, 0.15) is 25.3 Å². The molecule has 0 unspecified atom stereocenters. The van der Waals surface area contributed by atoms with E-state index in [0.717, 1.165) is 29.8 Å². The Morgan fingerprint density at radius 2 is 2.27 bits per heavy atom. The van der Waals surface area contributed by atoms with Crippen molar-refractivity contribution in [2.24, 2.45) is 0 Å². The van der Waals surface area contributed by atoms with Crippen molar-refractivity contribution < 1.29 is 4.52 Å². The molecule has 0 bridgehead atoms. The summed E-state index contributed by atoms with van der Waals surface area (Å²) < 4.78 is 5.22. The fourth-order valence-corrected chi connectivity index (χ4v) is 1.56. The van der Waals surface area contributed by atoms with Gasteiger partial charge in [-0.3, -0.25) is 0 Å². The molecule has 3 heteroatoms. The zero-order valence-electron chi connectivity index (χ0n) is 9.21. The third-order valence-corrected chi connectivity index (χ3v) is 2.45. The van der Waals surface area contributed by atoms with Gasteiger partial charge in [-0.2, -0.15) is 0 Å². The first kappa shape index (κ1) is 10.0. The minimum absolute atomic E-state index is 0.847. The van der Waals surface area contributed by atoms with Crippen LogP contribution in [0, 0.1) is 6.92 Å². The summed E-state index contributed by atoms with van der Waals surface area (Å²) in [6.45, 7) is 5.20. The fraction of sp³-hybridized carbons (Fsp3) is 0.417. The molecule has 1 aromatic heterocycles. The Hall–Kier alpha value is -1.51. The fourth-order valence-electron chi connectivity index (χ4n) is 1.56. The highest BCUT2D eigenvalue weighted by atomic mass is 16.5. The molecule has 0 aliphatic heterocycles. The van der Waals surface area contributed by atoms with E-state index in [1.54, 1.807) is 0 Å². The van der Waals surface area contributed by atoms with E-state index in [1.807, 2.05) is 12.1 Å². The average Bonchev–Trinajstić information content (AvgIpc) is 2.62. The number of benzene rings is 1. The lowest BCUT2D eigenvalue weighted by Crippen LogP contribution is -2.00. The molecule has 0 spiro atoms. The van der Waals surface area contributed by atoms with Crippen LogP contribution in [-0.4, -0.2) is 11.7 Å². The van der Waals surface area contributed by atoms with Crippen molar-refractivity contribution >= 4 is 16.8 Å². The van der Waals surface area contributed by atoms with Crippen molar-refractivity contribution in [2.45, 2.75) is 26.7 Å². The number of nitrogens with one attached hydrogen (secondary N) is 1. The van der Waals surface area contributed by atoms with E-state index in [-0.39, 0.29) is 0 Å². The second kappa shape index (κ2) is 4.34. The van der Waals surface area contributed by atoms with E-state index in [4.69, 9.17) is 4.52 Å². The van der Waals surface area contributed by atoms with Gasteiger partial charge in [-0.1, -0.05) is 30.1 Å². The Balaban J connectivity index is 2.23. The molecule has 0 saturated heterocycles. The van der Waals surface area contributed by atoms with Gasteiger partial charge < -0.3 is 9.84 Å². The van der Waals surface area contributed by atoms with Gasteiger partial charge in [-0.25, -0.2) is 0 Å². The van der Waals surface area contributed by atoms with Gasteiger partial charge in [0.2, 0.25) is 0 Å². The normalized spacial score (nSPS) is 10.8. The summed E-state index contributed by atoms with van der Waals surface area (Å²) in [6, 6.07) is 6.09. The number of anilines is 1. The van der Waals surface area contributed by atoms with E-state index in [1.165, 1.54) is 12.0 Å². The van der Waals surface area contributed by atoms with Crippen LogP contribution < -0.4 is 5.32 Å². The Morgan fingerprint density at radius 3 is 3.07 bits per heavy atom. The van der Waals surface area contributed by atoms with E-state index >= 15 is 0 Å². The van der Waals surface area contributed by atoms with Crippen LogP contribution in [0.15, 0.2) is 22.7 Å². The number of rotatable bonds is 4. The lowest BCUT2D eigenvalue weighted by Gasteiger charge is -2.00. The molecule has 0 fully saturated rings. The molecular weight excluding hydrogens is 188 g/mol. The summed E-state index contributed by atoms with van der Waals surface area (Å²) in [5.41, 5.74) is 2.07. The highest BCUT2D eigenvalue weighted by Gasteiger charge is 2.06.